The minimum Gasteiger partial charge on any atom is -0.591 e. The van der Waals surface area contributed by atoms with Crippen LogP contribution >= 0.6 is 11.6 Å². The van der Waals surface area contributed by atoms with Crippen LogP contribution in [0.25, 0.3) is 0 Å². The van der Waals surface area contributed by atoms with Gasteiger partial charge in [-0.1, -0.05) is 16.0 Å². The van der Waals surface area contributed by atoms with Crippen LogP contribution in [0.1, 0.15) is 88.4 Å². The summed E-state index contributed by atoms with van der Waals surface area (Å²) in [6, 6.07) is 4.02. The molecule has 6 nitrogen and oxygen atoms in total. The van der Waals surface area contributed by atoms with Crippen molar-refractivity contribution >= 4 is 34.8 Å². The van der Waals surface area contributed by atoms with E-state index in [4.69, 9.17) is 16.3 Å². The molecule has 0 bridgehead atoms. The van der Waals surface area contributed by atoms with Crippen molar-refractivity contribution in [2.24, 2.45) is 4.40 Å². The van der Waals surface area contributed by atoms with Crippen molar-refractivity contribution in [3.05, 3.63) is 63.4 Å². The van der Waals surface area contributed by atoms with Gasteiger partial charge >= 0.3 is 12.3 Å². The smallest absolute Gasteiger partial charge is 0.416 e. The largest absolute Gasteiger partial charge is 0.591 e. The zero-order chi connectivity index (χ0) is 29.5. The van der Waals surface area contributed by atoms with E-state index in [1.165, 1.54) is 11.1 Å². The third-order valence-electron chi connectivity index (χ3n) is 6.09. The topological polar surface area (TPSA) is 77.9 Å². The number of aromatic nitrogens is 1. The Kier molecular flexibility index (Phi) is 9.04. The van der Waals surface area contributed by atoms with Gasteiger partial charge in [-0.2, -0.15) is 13.2 Å². The summed E-state index contributed by atoms with van der Waals surface area (Å²) in [6.07, 6.45) is -2.98. The number of benzene rings is 1. The first-order chi connectivity index (χ1) is 17.8. The second kappa shape index (κ2) is 11.3. The Morgan fingerprint density at radius 1 is 1.10 bits per heavy atom. The van der Waals surface area contributed by atoms with E-state index in [-0.39, 0.29) is 11.3 Å². The first-order valence-corrected chi connectivity index (χ1v) is 14.1. The van der Waals surface area contributed by atoms with E-state index in [0.29, 0.717) is 34.7 Å². The minimum atomic E-state index is -4.60. The van der Waals surface area contributed by atoms with Crippen LogP contribution in [0.15, 0.2) is 34.9 Å². The molecule has 214 valence electrons. The third kappa shape index (κ3) is 7.67. The van der Waals surface area contributed by atoms with Gasteiger partial charge in [0.2, 0.25) is 0 Å². The van der Waals surface area contributed by atoms with Crippen molar-refractivity contribution < 1.29 is 27.3 Å². The molecule has 11 heteroatoms. The Hall–Kier alpha value is -2.30. The predicted octanol–water partition coefficient (Wildman–Crippen LogP) is 7.76. The molecule has 3 atom stereocenters. The SMILES string of the molecule is Cc1cc(C(=N[S+]([O-])C(C)(C)C)[C@@H]2CC[C@@H](c3cc(C)ncc3Cl)N2C(=O)OC(C)(C)C)cc(C(F)(F)F)c1. The Morgan fingerprint density at radius 3 is 2.31 bits per heavy atom. The highest BCUT2D eigenvalue weighted by Gasteiger charge is 2.45. The fraction of sp³-hybridized carbons (Fsp3) is 0.536. The van der Waals surface area contributed by atoms with E-state index in [9.17, 15) is 22.5 Å². The predicted molar refractivity (Wildman–Crippen MR) is 148 cm³/mol. The van der Waals surface area contributed by atoms with Gasteiger partial charge in [0.15, 0.2) is 0 Å². The van der Waals surface area contributed by atoms with Gasteiger partial charge in [-0.3, -0.25) is 9.88 Å². The second-order valence-electron chi connectivity index (χ2n) is 11.8. The van der Waals surface area contributed by atoms with E-state index in [1.54, 1.807) is 67.5 Å². The third-order valence-corrected chi connectivity index (χ3v) is 7.82. The number of amides is 1. The van der Waals surface area contributed by atoms with Gasteiger partial charge in [-0.15, -0.1) is 0 Å². The van der Waals surface area contributed by atoms with Crippen molar-refractivity contribution in [3.8, 4) is 0 Å². The van der Waals surface area contributed by atoms with Crippen LogP contribution in [-0.4, -0.2) is 42.6 Å². The molecule has 39 heavy (non-hydrogen) atoms. The van der Waals surface area contributed by atoms with Gasteiger partial charge in [0.1, 0.15) is 27.4 Å². The van der Waals surface area contributed by atoms with Crippen LogP contribution in [0.2, 0.25) is 5.02 Å². The number of hydrogen-bond acceptors (Lipinski definition) is 5. The number of alkyl halides is 3. The Morgan fingerprint density at radius 2 is 1.74 bits per heavy atom. The fourth-order valence-corrected chi connectivity index (χ4v) is 5.31. The highest BCUT2D eigenvalue weighted by atomic mass is 35.5. The molecule has 0 saturated carbocycles. The molecule has 2 aromatic rings. The number of pyridine rings is 1. The van der Waals surface area contributed by atoms with E-state index in [1.807, 2.05) is 0 Å². The standard InChI is InChI=1S/C28H35ClF3N3O3S/c1-16-11-18(14-19(12-16)28(30,31)32)24(34-39(37)27(6,7)8)23-10-9-22(20-13-17(2)33-15-21(20)29)35(23)25(36)38-26(3,4)5/h11-15,22-23H,9-10H2,1-8H3/t22-,23-,39?/m0/s1. The average molecular weight is 586 g/mol. The van der Waals surface area contributed by atoms with Crippen molar-refractivity contribution in [3.63, 3.8) is 0 Å². The molecule has 1 saturated heterocycles. The second-order valence-corrected chi connectivity index (χ2v) is 14.1. The van der Waals surface area contributed by atoms with Gasteiger partial charge < -0.3 is 9.29 Å². The number of aryl methyl sites for hydroxylation is 2. The maximum absolute atomic E-state index is 13.8. The van der Waals surface area contributed by atoms with Crippen LogP contribution in [0, 0.1) is 13.8 Å². The summed E-state index contributed by atoms with van der Waals surface area (Å²) in [5.41, 5.74) is 0.291. The van der Waals surface area contributed by atoms with Gasteiger partial charge in [0.25, 0.3) is 0 Å². The highest BCUT2D eigenvalue weighted by Crippen LogP contribution is 2.42. The highest BCUT2D eigenvalue weighted by molar-refractivity contribution is 7.91. The van der Waals surface area contributed by atoms with Crippen molar-refractivity contribution in [2.45, 2.75) is 96.8 Å². The van der Waals surface area contributed by atoms with Crippen LogP contribution in [0.4, 0.5) is 18.0 Å². The molecule has 0 N–H and O–H groups in total. The van der Waals surface area contributed by atoms with E-state index in [0.717, 1.165) is 12.1 Å². The number of carbonyl (C=O) groups excluding carboxylic acids is 1. The van der Waals surface area contributed by atoms with Crippen LogP contribution in [-0.2, 0) is 22.3 Å². The molecule has 1 aromatic carbocycles. The number of rotatable bonds is 4. The quantitative estimate of drug-likeness (QED) is 0.271. The maximum Gasteiger partial charge on any atom is 0.416 e. The molecule has 0 aliphatic carbocycles. The van der Waals surface area contributed by atoms with Crippen molar-refractivity contribution in [1.29, 1.82) is 0 Å². The van der Waals surface area contributed by atoms with Gasteiger partial charge in [0, 0.05) is 17.5 Å². The summed E-state index contributed by atoms with van der Waals surface area (Å²) >= 11 is 4.70. The summed E-state index contributed by atoms with van der Waals surface area (Å²) < 4.78 is 64.1. The molecule has 1 unspecified atom stereocenters. The number of hydrogen-bond donors (Lipinski definition) is 0. The monoisotopic (exact) mass is 585 g/mol. The zero-order valence-corrected chi connectivity index (χ0v) is 25.0. The lowest BCUT2D eigenvalue weighted by Gasteiger charge is -2.34. The fourth-order valence-electron chi connectivity index (χ4n) is 4.40. The molecule has 0 radical (unpaired) electrons. The summed E-state index contributed by atoms with van der Waals surface area (Å²) in [5, 5.41) is 0.353. The molecule has 3 rings (SSSR count). The first-order valence-electron chi connectivity index (χ1n) is 12.6. The van der Waals surface area contributed by atoms with Crippen LogP contribution < -0.4 is 0 Å². The van der Waals surface area contributed by atoms with Crippen molar-refractivity contribution in [1.82, 2.24) is 9.88 Å². The Balaban J connectivity index is 2.25. The van der Waals surface area contributed by atoms with Gasteiger partial charge in [-0.25, -0.2) is 4.79 Å². The van der Waals surface area contributed by atoms with Gasteiger partial charge in [-0.05, 0) is 104 Å². The first kappa shape index (κ1) is 31.2. The summed E-state index contributed by atoms with van der Waals surface area (Å²) in [5.74, 6) is 0. The molecule has 1 aliphatic rings. The molecule has 1 aromatic heterocycles. The molecular weight excluding hydrogens is 551 g/mol. The lowest BCUT2D eigenvalue weighted by Crippen LogP contribution is -2.45. The number of carbonyl (C=O) groups is 1. The van der Waals surface area contributed by atoms with Gasteiger partial charge in [0.05, 0.1) is 22.7 Å². The van der Waals surface area contributed by atoms with Crippen LogP contribution in [0.5, 0.6) is 0 Å². The summed E-state index contributed by atoms with van der Waals surface area (Å²) in [6.45, 7) is 13.7. The molecular formula is C28H35ClF3N3O3S. The minimum absolute atomic E-state index is 0.132. The number of halogens is 4. The molecule has 1 amide bonds. The normalized spacial score (nSPS) is 19.8. The maximum atomic E-state index is 13.8. The van der Waals surface area contributed by atoms with E-state index < -0.39 is 51.6 Å². The number of nitrogens with zero attached hydrogens (tertiary/aromatic N) is 3. The van der Waals surface area contributed by atoms with Crippen LogP contribution in [0.3, 0.4) is 0 Å². The average Bonchev–Trinajstić information content (AvgIpc) is 3.20. The lowest BCUT2D eigenvalue weighted by molar-refractivity contribution is -0.137. The van der Waals surface area contributed by atoms with Crippen molar-refractivity contribution in [2.75, 3.05) is 0 Å². The molecule has 2 heterocycles. The summed E-state index contributed by atoms with van der Waals surface area (Å²) in [4.78, 5) is 19.4. The number of likely N-dealkylation sites (tertiary alicyclic amines) is 1. The molecule has 1 fully saturated rings. The lowest BCUT2D eigenvalue weighted by atomic mass is 9.97. The van der Waals surface area contributed by atoms with E-state index in [2.05, 4.69) is 9.38 Å². The molecule has 1 aliphatic heterocycles. The van der Waals surface area contributed by atoms with E-state index >= 15 is 0 Å². The Labute approximate surface area is 236 Å². The Bertz CT molecular complexity index is 1260. The molecule has 0 spiro atoms. The summed E-state index contributed by atoms with van der Waals surface area (Å²) in [7, 11) is 0. The zero-order valence-electron chi connectivity index (χ0n) is 23.4. The number of ether oxygens (including phenoxy) is 1.